The Balaban J connectivity index is 1.66. The van der Waals surface area contributed by atoms with Crippen LogP contribution in [0.1, 0.15) is 41.4 Å². The summed E-state index contributed by atoms with van der Waals surface area (Å²) in [5.74, 6) is -4.20. The zero-order chi connectivity index (χ0) is 21.6. The molecule has 2 aliphatic rings. The van der Waals surface area contributed by atoms with E-state index in [1.807, 2.05) is 0 Å². The van der Waals surface area contributed by atoms with Crippen LogP contribution in [0.5, 0.6) is 0 Å². The molecule has 2 heterocycles. The molecule has 1 saturated carbocycles. The minimum absolute atomic E-state index is 0.00425. The molecule has 4 rings (SSSR count). The molecule has 1 aliphatic carbocycles. The lowest BCUT2D eigenvalue weighted by molar-refractivity contribution is -0.143. The second-order valence-corrected chi connectivity index (χ2v) is 8.34. The minimum atomic E-state index is -2.71. The summed E-state index contributed by atoms with van der Waals surface area (Å²) < 4.78 is 41.4. The largest absolute Gasteiger partial charge is 0.365 e. The Morgan fingerprint density at radius 2 is 2.03 bits per heavy atom. The first-order valence-electron chi connectivity index (χ1n) is 9.57. The summed E-state index contributed by atoms with van der Waals surface area (Å²) in [6.07, 6.45) is -0.666. The number of fused-ring (bicyclic) bond motifs is 1. The first kappa shape index (κ1) is 20.7. The first-order chi connectivity index (χ1) is 14.2. The van der Waals surface area contributed by atoms with Gasteiger partial charge in [0, 0.05) is 36.4 Å². The standard InChI is InChI=1S/C20H20ClF3N4O2/c21-13-3-1-2-12(5-13)18-17(19(25)30)15-10-27(9-14(8-22)28(15)26-18)16(29)4-11-6-20(23,24)7-11/h1-3,5,11,14H,4,6-10H2,(H2,25,30). The fraction of sp³-hybridized carbons (Fsp3) is 0.450. The Morgan fingerprint density at radius 1 is 1.30 bits per heavy atom. The molecule has 0 spiro atoms. The number of nitrogens with two attached hydrogens (primary N) is 1. The van der Waals surface area contributed by atoms with Gasteiger partial charge in [0.2, 0.25) is 11.8 Å². The second-order valence-electron chi connectivity index (χ2n) is 7.91. The van der Waals surface area contributed by atoms with Crippen LogP contribution in [0.3, 0.4) is 0 Å². The molecule has 1 aromatic carbocycles. The molecule has 1 fully saturated rings. The Bertz CT molecular complexity index is 1000. The predicted octanol–water partition coefficient (Wildman–Crippen LogP) is 3.59. The quantitative estimate of drug-likeness (QED) is 0.771. The number of alkyl halides is 3. The minimum Gasteiger partial charge on any atom is -0.365 e. The summed E-state index contributed by atoms with van der Waals surface area (Å²) in [4.78, 5) is 26.3. The molecule has 0 radical (unpaired) electrons. The lowest BCUT2D eigenvalue weighted by atomic mass is 9.79. The van der Waals surface area contributed by atoms with E-state index in [1.54, 1.807) is 24.3 Å². The molecule has 1 aromatic heterocycles. The highest BCUT2D eigenvalue weighted by molar-refractivity contribution is 6.30. The number of nitrogens with zero attached hydrogens (tertiary/aromatic N) is 3. The van der Waals surface area contributed by atoms with Crippen molar-refractivity contribution >= 4 is 23.4 Å². The van der Waals surface area contributed by atoms with Crippen LogP contribution in [0, 0.1) is 5.92 Å². The molecular formula is C20H20ClF3N4O2. The van der Waals surface area contributed by atoms with Crippen molar-refractivity contribution in [2.75, 3.05) is 13.2 Å². The number of carbonyl (C=O) groups is 2. The van der Waals surface area contributed by atoms with E-state index in [-0.39, 0.29) is 55.4 Å². The van der Waals surface area contributed by atoms with Crippen molar-refractivity contribution in [1.29, 1.82) is 0 Å². The number of carbonyl (C=O) groups excluding carboxylic acids is 2. The van der Waals surface area contributed by atoms with E-state index in [1.165, 1.54) is 9.58 Å². The van der Waals surface area contributed by atoms with Crippen LogP contribution in [-0.4, -0.2) is 45.6 Å². The number of aromatic nitrogens is 2. The number of rotatable bonds is 5. The third-order valence-electron chi connectivity index (χ3n) is 5.64. The molecule has 2 N–H and O–H groups in total. The van der Waals surface area contributed by atoms with Gasteiger partial charge in [0.15, 0.2) is 0 Å². The molecule has 30 heavy (non-hydrogen) atoms. The lowest BCUT2D eigenvalue weighted by Gasteiger charge is -2.37. The van der Waals surface area contributed by atoms with Gasteiger partial charge in [0.05, 0.1) is 23.8 Å². The van der Waals surface area contributed by atoms with Gasteiger partial charge >= 0.3 is 0 Å². The number of amides is 2. The average Bonchev–Trinajstić information content (AvgIpc) is 3.05. The zero-order valence-corrected chi connectivity index (χ0v) is 16.7. The van der Waals surface area contributed by atoms with Gasteiger partial charge in [0.1, 0.15) is 12.4 Å². The Kier molecular flexibility index (Phi) is 5.25. The molecule has 1 aliphatic heterocycles. The highest BCUT2D eigenvalue weighted by atomic mass is 35.5. The van der Waals surface area contributed by atoms with Crippen LogP contribution in [0.4, 0.5) is 13.2 Å². The molecule has 0 bridgehead atoms. The Morgan fingerprint density at radius 3 is 2.63 bits per heavy atom. The molecule has 160 valence electrons. The van der Waals surface area contributed by atoms with E-state index in [0.717, 1.165) is 0 Å². The highest BCUT2D eigenvalue weighted by Gasteiger charge is 2.46. The third-order valence-corrected chi connectivity index (χ3v) is 5.88. The number of hydrogen-bond acceptors (Lipinski definition) is 3. The van der Waals surface area contributed by atoms with E-state index in [0.29, 0.717) is 16.3 Å². The van der Waals surface area contributed by atoms with Crippen LogP contribution in [0.15, 0.2) is 24.3 Å². The molecule has 1 unspecified atom stereocenters. The van der Waals surface area contributed by atoms with E-state index in [4.69, 9.17) is 17.3 Å². The smallest absolute Gasteiger partial charge is 0.252 e. The number of halogens is 4. The molecule has 10 heteroatoms. The van der Waals surface area contributed by atoms with Gasteiger partial charge in [-0.2, -0.15) is 5.10 Å². The monoisotopic (exact) mass is 440 g/mol. The molecule has 6 nitrogen and oxygen atoms in total. The van der Waals surface area contributed by atoms with Crippen LogP contribution in [-0.2, 0) is 11.3 Å². The molecule has 0 saturated heterocycles. The number of benzene rings is 1. The summed E-state index contributed by atoms with van der Waals surface area (Å²) in [6.45, 7) is -0.766. The average molecular weight is 441 g/mol. The molecule has 1 atom stereocenters. The van der Waals surface area contributed by atoms with E-state index >= 15 is 0 Å². The molecular weight excluding hydrogens is 421 g/mol. The molecule has 2 amide bonds. The predicted molar refractivity (Wildman–Crippen MR) is 104 cm³/mol. The fourth-order valence-electron chi connectivity index (χ4n) is 4.21. The summed E-state index contributed by atoms with van der Waals surface area (Å²) in [7, 11) is 0. The van der Waals surface area contributed by atoms with Crippen molar-refractivity contribution in [2.24, 2.45) is 11.7 Å². The topological polar surface area (TPSA) is 81.2 Å². The summed E-state index contributed by atoms with van der Waals surface area (Å²) in [6, 6.07) is 5.88. The number of hydrogen-bond donors (Lipinski definition) is 1. The Labute approximate surface area is 175 Å². The van der Waals surface area contributed by atoms with Crippen molar-refractivity contribution in [3.05, 3.63) is 40.5 Å². The maximum atomic E-state index is 13.8. The Hall–Kier alpha value is -2.55. The first-order valence-corrected chi connectivity index (χ1v) is 9.95. The van der Waals surface area contributed by atoms with Crippen LogP contribution in [0.25, 0.3) is 11.3 Å². The fourth-order valence-corrected chi connectivity index (χ4v) is 4.40. The van der Waals surface area contributed by atoms with Gasteiger partial charge in [-0.15, -0.1) is 0 Å². The number of primary amides is 1. The van der Waals surface area contributed by atoms with Crippen LogP contribution >= 0.6 is 11.6 Å². The van der Waals surface area contributed by atoms with Crippen molar-refractivity contribution < 1.29 is 22.8 Å². The normalized spacial score (nSPS) is 20.5. The SMILES string of the molecule is NC(=O)c1c(-c2cccc(Cl)c2)nn2c1CN(C(=O)CC1CC(F)(F)C1)CC2CF. The van der Waals surface area contributed by atoms with Gasteiger partial charge in [-0.1, -0.05) is 23.7 Å². The van der Waals surface area contributed by atoms with E-state index < -0.39 is 24.5 Å². The maximum absolute atomic E-state index is 13.8. The van der Waals surface area contributed by atoms with E-state index in [9.17, 15) is 22.8 Å². The van der Waals surface area contributed by atoms with Gasteiger partial charge in [-0.25, -0.2) is 13.2 Å². The van der Waals surface area contributed by atoms with Crippen molar-refractivity contribution in [2.45, 2.75) is 37.8 Å². The van der Waals surface area contributed by atoms with Crippen LogP contribution in [0.2, 0.25) is 5.02 Å². The van der Waals surface area contributed by atoms with Crippen molar-refractivity contribution in [3.8, 4) is 11.3 Å². The van der Waals surface area contributed by atoms with Crippen molar-refractivity contribution in [1.82, 2.24) is 14.7 Å². The summed E-state index contributed by atoms with van der Waals surface area (Å²) >= 11 is 6.04. The van der Waals surface area contributed by atoms with Gasteiger partial charge < -0.3 is 10.6 Å². The third kappa shape index (κ3) is 3.78. The van der Waals surface area contributed by atoms with E-state index in [2.05, 4.69) is 5.10 Å². The van der Waals surface area contributed by atoms with Gasteiger partial charge in [-0.05, 0) is 18.1 Å². The van der Waals surface area contributed by atoms with Crippen LogP contribution < -0.4 is 5.73 Å². The lowest BCUT2D eigenvalue weighted by Crippen LogP contribution is -2.45. The maximum Gasteiger partial charge on any atom is 0.252 e. The zero-order valence-electron chi connectivity index (χ0n) is 16.0. The van der Waals surface area contributed by atoms with Gasteiger partial charge in [0.25, 0.3) is 5.91 Å². The summed E-state index contributed by atoms with van der Waals surface area (Å²) in [5.41, 5.74) is 6.85. The van der Waals surface area contributed by atoms with Crippen molar-refractivity contribution in [3.63, 3.8) is 0 Å². The summed E-state index contributed by atoms with van der Waals surface area (Å²) in [5, 5.41) is 4.85. The van der Waals surface area contributed by atoms with Gasteiger partial charge in [-0.3, -0.25) is 14.3 Å². The molecule has 2 aromatic rings. The second kappa shape index (κ2) is 7.61. The highest BCUT2D eigenvalue weighted by Crippen LogP contribution is 2.44.